The van der Waals surface area contributed by atoms with Crippen molar-refractivity contribution < 1.29 is 9.53 Å². The predicted octanol–water partition coefficient (Wildman–Crippen LogP) is 5.46. The molecule has 0 saturated carbocycles. The second kappa shape index (κ2) is 11.0. The largest absolute Gasteiger partial charge is 0.496 e. The van der Waals surface area contributed by atoms with Gasteiger partial charge in [-0.25, -0.2) is 0 Å². The van der Waals surface area contributed by atoms with Crippen LogP contribution in [-0.2, 0) is 11.2 Å². The molecule has 1 aromatic carbocycles. The standard InChI is InChI=1S/C23H32N2O2S/c1-17(2)25(18(3)4)13-6-7-20-15-21(9-10-22(20)27-5)24-23(26)11-8-19-12-14-28-16-19/h8-12,14-18H,6-7,13H2,1-5H3,(H,24,26). The Balaban J connectivity index is 1.99. The van der Waals surface area contributed by atoms with Crippen molar-refractivity contribution in [2.45, 2.75) is 52.6 Å². The Kier molecular flexibility index (Phi) is 8.74. The highest BCUT2D eigenvalue weighted by Crippen LogP contribution is 2.24. The minimum atomic E-state index is -0.131. The van der Waals surface area contributed by atoms with Crippen LogP contribution >= 0.6 is 11.3 Å². The van der Waals surface area contributed by atoms with Gasteiger partial charge in [0.15, 0.2) is 0 Å². The number of anilines is 1. The third-order valence-electron chi connectivity index (χ3n) is 4.71. The van der Waals surface area contributed by atoms with Gasteiger partial charge in [-0.05, 0) is 99.3 Å². The Morgan fingerprint density at radius 2 is 1.96 bits per heavy atom. The van der Waals surface area contributed by atoms with E-state index < -0.39 is 0 Å². The third-order valence-corrected chi connectivity index (χ3v) is 5.41. The average molecular weight is 401 g/mol. The fourth-order valence-corrected chi connectivity index (χ4v) is 3.97. The summed E-state index contributed by atoms with van der Waals surface area (Å²) in [5.74, 6) is 0.737. The van der Waals surface area contributed by atoms with Crippen molar-refractivity contribution in [1.82, 2.24) is 4.90 Å². The number of aryl methyl sites for hydroxylation is 1. The number of hydrogen-bond acceptors (Lipinski definition) is 4. The highest BCUT2D eigenvalue weighted by molar-refractivity contribution is 7.08. The molecule has 2 aromatic rings. The maximum Gasteiger partial charge on any atom is 0.248 e. The normalized spacial score (nSPS) is 11.7. The molecule has 0 bridgehead atoms. The minimum absolute atomic E-state index is 0.131. The summed E-state index contributed by atoms with van der Waals surface area (Å²) < 4.78 is 5.52. The highest BCUT2D eigenvalue weighted by Gasteiger charge is 2.13. The van der Waals surface area contributed by atoms with E-state index >= 15 is 0 Å². The lowest BCUT2D eigenvalue weighted by Gasteiger charge is -2.30. The van der Waals surface area contributed by atoms with Gasteiger partial charge in [0.25, 0.3) is 0 Å². The molecule has 0 aliphatic heterocycles. The average Bonchev–Trinajstić information content (AvgIpc) is 3.16. The van der Waals surface area contributed by atoms with Crippen LogP contribution in [0, 0.1) is 0 Å². The third kappa shape index (κ3) is 6.80. The van der Waals surface area contributed by atoms with E-state index in [1.165, 1.54) is 0 Å². The second-order valence-corrected chi connectivity index (χ2v) is 8.21. The van der Waals surface area contributed by atoms with Crippen LogP contribution in [0.15, 0.2) is 41.1 Å². The Morgan fingerprint density at radius 3 is 2.57 bits per heavy atom. The van der Waals surface area contributed by atoms with Crippen LogP contribution in [0.2, 0.25) is 0 Å². The topological polar surface area (TPSA) is 41.6 Å². The monoisotopic (exact) mass is 400 g/mol. The van der Waals surface area contributed by atoms with Gasteiger partial charge in [0.1, 0.15) is 5.75 Å². The Morgan fingerprint density at radius 1 is 1.21 bits per heavy atom. The predicted molar refractivity (Wildman–Crippen MR) is 120 cm³/mol. The molecule has 4 nitrogen and oxygen atoms in total. The number of benzene rings is 1. The fraction of sp³-hybridized carbons (Fsp3) is 0.435. The van der Waals surface area contributed by atoms with Gasteiger partial charge >= 0.3 is 0 Å². The molecule has 0 fully saturated rings. The van der Waals surface area contributed by atoms with E-state index in [0.29, 0.717) is 12.1 Å². The molecule has 0 aliphatic rings. The summed E-state index contributed by atoms with van der Waals surface area (Å²) in [4.78, 5) is 14.7. The zero-order valence-electron chi connectivity index (χ0n) is 17.6. The number of ether oxygens (including phenoxy) is 1. The number of methoxy groups -OCH3 is 1. The highest BCUT2D eigenvalue weighted by atomic mass is 32.1. The molecular formula is C23H32N2O2S. The summed E-state index contributed by atoms with van der Waals surface area (Å²) in [6, 6.07) is 8.87. The first-order valence-electron chi connectivity index (χ1n) is 9.84. The smallest absolute Gasteiger partial charge is 0.248 e. The maximum absolute atomic E-state index is 12.2. The Bertz CT molecular complexity index is 759. The van der Waals surface area contributed by atoms with E-state index in [1.54, 1.807) is 24.5 Å². The van der Waals surface area contributed by atoms with Gasteiger partial charge in [-0.2, -0.15) is 11.3 Å². The van der Waals surface area contributed by atoms with Crippen LogP contribution in [0.5, 0.6) is 5.75 Å². The van der Waals surface area contributed by atoms with Crippen LogP contribution in [-0.4, -0.2) is 36.5 Å². The van der Waals surface area contributed by atoms with Crippen molar-refractivity contribution >= 4 is 29.0 Å². The molecular weight excluding hydrogens is 368 g/mol. The summed E-state index contributed by atoms with van der Waals surface area (Å²) in [5, 5.41) is 6.94. The van der Waals surface area contributed by atoms with E-state index in [9.17, 15) is 4.79 Å². The molecule has 28 heavy (non-hydrogen) atoms. The zero-order valence-corrected chi connectivity index (χ0v) is 18.4. The summed E-state index contributed by atoms with van der Waals surface area (Å²) in [7, 11) is 1.69. The van der Waals surface area contributed by atoms with Gasteiger partial charge < -0.3 is 10.1 Å². The van der Waals surface area contributed by atoms with E-state index in [0.717, 1.165) is 42.0 Å². The summed E-state index contributed by atoms with van der Waals surface area (Å²) in [5.41, 5.74) is 2.95. The van der Waals surface area contributed by atoms with E-state index in [4.69, 9.17) is 4.74 Å². The number of nitrogens with one attached hydrogen (secondary N) is 1. The van der Waals surface area contributed by atoms with E-state index in [-0.39, 0.29) is 5.91 Å². The summed E-state index contributed by atoms with van der Waals surface area (Å²) in [6.45, 7) is 9.99. The van der Waals surface area contributed by atoms with Gasteiger partial charge in [-0.15, -0.1) is 0 Å². The molecule has 0 saturated heterocycles. The van der Waals surface area contributed by atoms with Gasteiger partial charge in [-0.3, -0.25) is 9.69 Å². The second-order valence-electron chi connectivity index (χ2n) is 7.43. The maximum atomic E-state index is 12.2. The molecule has 0 unspecified atom stereocenters. The van der Waals surface area contributed by atoms with E-state index in [1.807, 2.05) is 41.1 Å². The van der Waals surface area contributed by atoms with Crippen LogP contribution < -0.4 is 10.1 Å². The quantitative estimate of drug-likeness (QED) is 0.539. The molecule has 1 aromatic heterocycles. The first kappa shape index (κ1) is 22.2. The molecule has 0 radical (unpaired) electrons. The number of hydrogen-bond donors (Lipinski definition) is 1. The molecule has 1 amide bonds. The zero-order chi connectivity index (χ0) is 20.5. The van der Waals surface area contributed by atoms with Gasteiger partial charge in [-0.1, -0.05) is 0 Å². The van der Waals surface area contributed by atoms with Crippen molar-refractivity contribution in [1.29, 1.82) is 0 Å². The lowest BCUT2D eigenvalue weighted by molar-refractivity contribution is -0.111. The molecule has 0 spiro atoms. The van der Waals surface area contributed by atoms with Gasteiger partial charge in [0.05, 0.1) is 7.11 Å². The van der Waals surface area contributed by atoms with Crippen molar-refractivity contribution in [3.05, 3.63) is 52.2 Å². The fourth-order valence-electron chi connectivity index (χ4n) is 3.34. The van der Waals surface area contributed by atoms with Crippen LogP contribution in [0.1, 0.15) is 45.2 Å². The Hall–Kier alpha value is -2.11. The molecule has 5 heteroatoms. The first-order chi connectivity index (χ1) is 13.4. The van der Waals surface area contributed by atoms with Crippen LogP contribution in [0.25, 0.3) is 6.08 Å². The molecule has 1 heterocycles. The molecule has 1 N–H and O–H groups in total. The van der Waals surface area contributed by atoms with Crippen molar-refractivity contribution in [2.75, 3.05) is 19.0 Å². The van der Waals surface area contributed by atoms with E-state index in [2.05, 4.69) is 37.9 Å². The first-order valence-corrected chi connectivity index (χ1v) is 10.8. The molecule has 2 rings (SSSR count). The molecule has 152 valence electrons. The van der Waals surface area contributed by atoms with Gasteiger partial charge in [0.2, 0.25) is 5.91 Å². The van der Waals surface area contributed by atoms with Crippen LogP contribution in [0.4, 0.5) is 5.69 Å². The number of carbonyl (C=O) groups excluding carboxylic acids is 1. The van der Waals surface area contributed by atoms with Crippen LogP contribution in [0.3, 0.4) is 0 Å². The Labute approximate surface area is 173 Å². The summed E-state index contributed by atoms with van der Waals surface area (Å²) >= 11 is 1.61. The lowest BCUT2D eigenvalue weighted by atomic mass is 10.1. The molecule has 0 atom stereocenters. The number of amides is 1. The number of rotatable bonds is 10. The van der Waals surface area contributed by atoms with Crippen molar-refractivity contribution in [2.24, 2.45) is 0 Å². The lowest BCUT2D eigenvalue weighted by Crippen LogP contribution is -2.37. The number of nitrogens with zero attached hydrogens (tertiary/aromatic N) is 1. The SMILES string of the molecule is COc1ccc(NC(=O)C=Cc2ccsc2)cc1CCCN(C(C)C)C(C)C. The van der Waals surface area contributed by atoms with Crippen molar-refractivity contribution in [3.63, 3.8) is 0 Å². The number of carbonyl (C=O) groups is 1. The number of thiophene rings is 1. The molecule has 0 aliphatic carbocycles. The van der Waals surface area contributed by atoms with Crippen molar-refractivity contribution in [3.8, 4) is 5.75 Å². The van der Waals surface area contributed by atoms with Gasteiger partial charge in [0, 0.05) is 23.8 Å². The summed E-state index contributed by atoms with van der Waals surface area (Å²) in [6.07, 6.45) is 5.34. The minimum Gasteiger partial charge on any atom is -0.496 e.